The molecular weight excluding hydrogens is 336 g/mol. The first-order chi connectivity index (χ1) is 8.82. The lowest BCUT2D eigenvalue weighted by molar-refractivity contribution is -0.140. The Morgan fingerprint density at radius 3 is 2.58 bits per heavy atom. The second-order valence-corrected chi connectivity index (χ2v) is 6.48. The highest BCUT2D eigenvalue weighted by Crippen LogP contribution is 2.25. The Labute approximate surface area is 120 Å². The van der Waals surface area contributed by atoms with Gasteiger partial charge in [0.1, 0.15) is 6.54 Å². The molecule has 0 saturated carbocycles. The van der Waals surface area contributed by atoms with Crippen molar-refractivity contribution >= 4 is 37.6 Å². The molecule has 0 aliphatic rings. The van der Waals surface area contributed by atoms with Crippen LogP contribution in [-0.4, -0.2) is 38.9 Å². The van der Waals surface area contributed by atoms with Gasteiger partial charge in [0.15, 0.2) is 0 Å². The zero-order chi connectivity index (χ0) is 14.6. The third-order valence-corrected chi connectivity index (χ3v) is 5.10. The summed E-state index contributed by atoms with van der Waals surface area (Å²) in [4.78, 5) is 11.3. The molecular formula is C11H15BrN2O4S. The number of sulfonamides is 1. The molecule has 0 amide bonds. The summed E-state index contributed by atoms with van der Waals surface area (Å²) in [5.74, 6) is -0.611. The molecule has 1 aromatic carbocycles. The van der Waals surface area contributed by atoms with Gasteiger partial charge in [-0.25, -0.2) is 8.42 Å². The maximum absolute atomic E-state index is 12.3. The smallest absolute Gasteiger partial charge is 0.321 e. The van der Waals surface area contributed by atoms with Gasteiger partial charge in [-0.1, -0.05) is 6.92 Å². The molecule has 0 fully saturated rings. The van der Waals surface area contributed by atoms with Crippen LogP contribution in [0.1, 0.15) is 6.92 Å². The van der Waals surface area contributed by atoms with Crippen LogP contribution in [-0.2, 0) is 19.6 Å². The minimum atomic E-state index is -3.75. The van der Waals surface area contributed by atoms with E-state index in [0.29, 0.717) is 10.2 Å². The van der Waals surface area contributed by atoms with Gasteiger partial charge in [-0.15, -0.1) is 0 Å². The molecule has 0 bridgehead atoms. The predicted octanol–water partition coefficient (Wildman–Crippen LogP) is 1.21. The number of benzene rings is 1. The Balaban J connectivity index is 3.13. The number of nitrogens with zero attached hydrogens (tertiary/aromatic N) is 1. The lowest BCUT2D eigenvalue weighted by Crippen LogP contribution is -2.36. The number of hydrogen-bond acceptors (Lipinski definition) is 5. The minimum absolute atomic E-state index is 0.0688. The third-order valence-electron chi connectivity index (χ3n) is 2.50. The summed E-state index contributed by atoms with van der Waals surface area (Å²) in [7, 11) is -2.54. The Bertz CT molecular complexity index is 574. The quantitative estimate of drug-likeness (QED) is 0.636. The Kier molecular flexibility index (Phi) is 5.33. The largest absolute Gasteiger partial charge is 0.468 e. The molecule has 0 atom stereocenters. The summed E-state index contributed by atoms with van der Waals surface area (Å²) in [6.07, 6.45) is 0. The van der Waals surface area contributed by atoms with Crippen molar-refractivity contribution in [3.8, 4) is 0 Å². The van der Waals surface area contributed by atoms with E-state index in [0.717, 1.165) is 4.31 Å². The number of hydrogen-bond donors (Lipinski definition) is 1. The van der Waals surface area contributed by atoms with Crippen LogP contribution in [0.5, 0.6) is 0 Å². The molecule has 0 aromatic heterocycles. The van der Waals surface area contributed by atoms with Crippen molar-refractivity contribution < 1.29 is 17.9 Å². The van der Waals surface area contributed by atoms with E-state index in [1.807, 2.05) is 0 Å². The maximum Gasteiger partial charge on any atom is 0.321 e. The van der Waals surface area contributed by atoms with E-state index in [-0.39, 0.29) is 18.0 Å². The van der Waals surface area contributed by atoms with Gasteiger partial charge < -0.3 is 10.5 Å². The molecule has 2 N–H and O–H groups in total. The van der Waals surface area contributed by atoms with E-state index in [1.54, 1.807) is 6.92 Å². The normalized spacial score (nSPS) is 11.6. The first-order valence-corrected chi connectivity index (χ1v) is 7.68. The van der Waals surface area contributed by atoms with Crippen molar-refractivity contribution in [3.05, 3.63) is 22.7 Å². The van der Waals surface area contributed by atoms with Crippen molar-refractivity contribution in [1.29, 1.82) is 0 Å². The predicted molar refractivity (Wildman–Crippen MR) is 75.0 cm³/mol. The van der Waals surface area contributed by atoms with Gasteiger partial charge in [0.05, 0.1) is 12.0 Å². The van der Waals surface area contributed by atoms with Crippen LogP contribution in [0.15, 0.2) is 27.6 Å². The van der Waals surface area contributed by atoms with Gasteiger partial charge in [0, 0.05) is 16.7 Å². The summed E-state index contributed by atoms with van der Waals surface area (Å²) in [6, 6.07) is 4.29. The number of ether oxygens (including phenoxy) is 1. The molecule has 0 heterocycles. The number of likely N-dealkylation sites (N-methyl/N-ethyl adjacent to an activating group) is 1. The number of carbonyl (C=O) groups is 1. The molecule has 0 aliphatic heterocycles. The topological polar surface area (TPSA) is 89.7 Å². The fraction of sp³-hybridized carbons (Fsp3) is 0.364. The Morgan fingerprint density at radius 1 is 1.47 bits per heavy atom. The summed E-state index contributed by atoms with van der Waals surface area (Å²) in [5.41, 5.74) is 6.05. The lowest BCUT2D eigenvalue weighted by Gasteiger charge is -2.19. The highest BCUT2D eigenvalue weighted by atomic mass is 79.9. The second kappa shape index (κ2) is 6.36. The zero-order valence-corrected chi connectivity index (χ0v) is 13.0. The number of rotatable bonds is 5. The average molecular weight is 351 g/mol. The monoisotopic (exact) mass is 350 g/mol. The molecule has 0 saturated heterocycles. The van der Waals surface area contributed by atoms with Crippen LogP contribution in [0.4, 0.5) is 5.69 Å². The fourth-order valence-corrected chi connectivity index (χ4v) is 3.34. The Hall–Kier alpha value is -1.12. The van der Waals surface area contributed by atoms with Crippen LogP contribution in [0.3, 0.4) is 0 Å². The third kappa shape index (κ3) is 3.68. The average Bonchev–Trinajstić information content (AvgIpc) is 2.38. The standard InChI is InChI=1S/C11H15BrN2O4S/c1-3-14(7-11(15)18-2)19(16,17)8-4-5-10(13)9(12)6-8/h4-6H,3,7,13H2,1-2H3. The van der Waals surface area contributed by atoms with Crippen LogP contribution >= 0.6 is 15.9 Å². The number of methoxy groups -OCH3 is 1. The van der Waals surface area contributed by atoms with E-state index in [2.05, 4.69) is 20.7 Å². The lowest BCUT2D eigenvalue weighted by atomic mass is 10.3. The van der Waals surface area contributed by atoms with Crippen LogP contribution in [0.2, 0.25) is 0 Å². The van der Waals surface area contributed by atoms with Crippen molar-refractivity contribution in [2.24, 2.45) is 0 Å². The zero-order valence-electron chi connectivity index (χ0n) is 10.6. The molecule has 0 radical (unpaired) electrons. The second-order valence-electron chi connectivity index (χ2n) is 3.69. The van der Waals surface area contributed by atoms with E-state index in [4.69, 9.17) is 5.73 Å². The van der Waals surface area contributed by atoms with Gasteiger partial charge in [-0.05, 0) is 34.1 Å². The van der Waals surface area contributed by atoms with Gasteiger partial charge in [-0.2, -0.15) is 4.31 Å². The molecule has 1 aromatic rings. The number of halogens is 1. The molecule has 0 unspecified atom stereocenters. The number of nitrogen functional groups attached to an aromatic ring is 1. The molecule has 19 heavy (non-hydrogen) atoms. The summed E-state index contributed by atoms with van der Waals surface area (Å²) < 4.78 is 30.7. The van der Waals surface area contributed by atoms with E-state index < -0.39 is 16.0 Å². The van der Waals surface area contributed by atoms with E-state index in [9.17, 15) is 13.2 Å². The van der Waals surface area contributed by atoms with Crippen molar-refractivity contribution in [2.45, 2.75) is 11.8 Å². The van der Waals surface area contributed by atoms with Crippen LogP contribution < -0.4 is 5.73 Å². The summed E-state index contributed by atoms with van der Waals surface area (Å²) in [6.45, 7) is 1.49. The summed E-state index contributed by atoms with van der Waals surface area (Å²) >= 11 is 3.17. The van der Waals surface area contributed by atoms with Crippen LogP contribution in [0, 0.1) is 0 Å². The van der Waals surface area contributed by atoms with Crippen molar-refractivity contribution in [1.82, 2.24) is 4.31 Å². The molecule has 0 spiro atoms. The van der Waals surface area contributed by atoms with Gasteiger partial charge in [0.25, 0.3) is 0 Å². The first kappa shape index (κ1) is 15.9. The summed E-state index contributed by atoms with van der Waals surface area (Å²) in [5, 5.41) is 0. The van der Waals surface area contributed by atoms with E-state index >= 15 is 0 Å². The first-order valence-electron chi connectivity index (χ1n) is 5.45. The van der Waals surface area contributed by atoms with Gasteiger partial charge in [-0.3, -0.25) is 4.79 Å². The SMILES string of the molecule is CCN(CC(=O)OC)S(=O)(=O)c1ccc(N)c(Br)c1. The number of anilines is 1. The van der Waals surface area contributed by atoms with E-state index in [1.165, 1.54) is 25.3 Å². The molecule has 8 heteroatoms. The highest BCUT2D eigenvalue weighted by molar-refractivity contribution is 9.10. The minimum Gasteiger partial charge on any atom is -0.468 e. The Morgan fingerprint density at radius 2 is 2.11 bits per heavy atom. The van der Waals surface area contributed by atoms with Crippen molar-refractivity contribution in [2.75, 3.05) is 25.9 Å². The molecule has 6 nitrogen and oxygen atoms in total. The van der Waals surface area contributed by atoms with Crippen LogP contribution in [0.25, 0.3) is 0 Å². The molecule has 0 aliphatic carbocycles. The fourth-order valence-electron chi connectivity index (χ4n) is 1.39. The number of nitrogens with two attached hydrogens (primary N) is 1. The number of carbonyl (C=O) groups excluding carboxylic acids is 1. The maximum atomic E-state index is 12.3. The molecule has 106 valence electrons. The van der Waals surface area contributed by atoms with Gasteiger partial charge >= 0.3 is 5.97 Å². The van der Waals surface area contributed by atoms with Gasteiger partial charge in [0.2, 0.25) is 10.0 Å². The van der Waals surface area contributed by atoms with Crippen molar-refractivity contribution in [3.63, 3.8) is 0 Å². The molecule has 1 rings (SSSR count). The number of esters is 1. The highest BCUT2D eigenvalue weighted by Gasteiger charge is 2.25.